The maximum atomic E-state index is 11.6. The monoisotopic (exact) mass is 276 g/mol. The first-order valence-electron chi connectivity index (χ1n) is 5.94. The Morgan fingerprint density at radius 2 is 2.00 bits per heavy atom. The number of hydroxylamine groups is 1. The van der Waals surface area contributed by atoms with E-state index in [1.807, 2.05) is 30.3 Å². The minimum absolute atomic E-state index is 0.105. The molecule has 0 aromatic heterocycles. The molecule has 6 heteroatoms. The third-order valence-corrected chi connectivity index (χ3v) is 2.40. The molecule has 20 heavy (non-hydrogen) atoms. The van der Waals surface area contributed by atoms with Gasteiger partial charge in [0.05, 0.1) is 19.6 Å². The number of amides is 1. The molecule has 0 fully saturated rings. The molecule has 1 amide bonds. The lowest BCUT2D eigenvalue weighted by Gasteiger charge is -2.17. The van der Waals surface area contributed by atoms with Crippen LogP contribution in [-0.2, 0) is 20.9 Å². The molecule has 106 valence electrons. The molecule has 0 unspecified atom stereocenters. The van der Waals surface area contributed by atoms with Crippen molar-refractivity contribution in [2.75, 3.05) is 19.6 Å². The summed E-state index contributed by atoms with van der Waals surface area (Å²) in [5.74, 6) is 1.20. The normalized spacial score (nSPS) is 9.85. The predicted molar refractivity (Wildman–Crippen MR) is 71.4 cm³/mol. The maximum absolute atomic E-state index is 11.6. The van der Waals surface area contributed by atoms with Crippen LogP contribution in [0.4, 0.5) is 0 Å². The van der Waals surface area contributed by atoms with E-state index in [0.29, 0.717) is 0 Å². The molecular formula is C14H16N2O4. The molecule has 0 spiro atoms. The molecule has 0 bridgehead atoms. The summed E-state index contributed by atoms with van der Waals surface area (Å²) < 4.78 is 5.08. The van der Waals surface area contributed by atoms with Gasteiger partial charge in [-0.15, -0.1) is 6.42 Å². The Morgan fingerprint density at radius 1 is 1.30 bits per heavy atom. The van der Waals surface area contributed by atoms with Gasteiger partial charge in [-0.05, 0) is 5.56 Å². The number of terminal acetylenes is 1. The van der Waals surface area contributed by atoms with Gasteiger partial charge < -0.3 is 4.74 Å². The average Bonchev–Trinajstić information content (AvgIpc) is 2.46. The highest BCUT2D eigenvalue weighted by Crippen LogP contribution is 2.01. The van der Waals surface area contributed by atoms with E-state index in [1.54, 1.807) is 0 Å². The summed E-state index contributed by atoms with van der Waals surface area (Å²) in [6, 6.07) is 9.24. The minimum Gasteiger partial charge on any atom is -0.460 e. The van der Waals surface area contributed by atoms with Crippen LogP contribution in [0, 0.1) is 12.3 Å². The molecule has 1 aromatic carbocycles. The van der Waals surface area contributed by atoms with Gasteiger partial charge in [0.15, 0.2) is 0 Å². The van der Waals surface area contributed by atoms with E-state index in [9.17, 15) is 9.59 Å². The number of hydrogen-bond acceptors (Lipinski definition) is 5. The Hall–Kier alpha value is -2.36. The third kappa shape index (κ3) is 6.00. The van der Waals surface area contributed by atoms with Gasteiger partial charge in [-0.2, -0.15) is 0 Å². The molecule has 0 saturated heterocycles. The summed E-state index contributed by atoms with van der Waals surface area (Å²) in [5.41, 5.74) is 2.36. The summed E-state index contributed by atoms with van der Waals surface area (Å²) in [4.78, 5) is 24.1. The molecule has 6 nitrogen and oxygen atoms in total. The highest BCUT2D eigenvalue weighted by molar-refractivity contribution is 5.78. The minimum atomic E-state index is -0.642. The molecule has 0 aliphatic heterocycles. The first-order chi connectivity index (χ1) is 9.65. The maximum Gasteiger partial charge on any atom is 0.320 e. The highest BCUT2D eigenvalue weighted by atomic mass is 16.5. The molecule has 0 aliphatic carbocycles. The smallest absolute Gasteiger partial charge is 0.320 e. The van der Waals surface area contributed by atoms with Crippen LogP contribution in [0.25, 0.3) is 0 Å². The van der Waals surface area contributed by atoms with Gasteiger partial charge in [0, 0.05) is 0 Å². The van der Waals surface area contributed by atoms with Crippen molar-refractivity contribution in [2.24, 2.45) is 0 Å². The SMILES string of the molecule is C#CCN(CC(=O)NO)CC(=O)OCc1ccccc1. The van der Waals surface area contributed by atoms with Gasteiger partial charge in [-0.3, -0.25) is 19.7 Å². The molecule has 0 saturated carbocycles. The number of benzene rings is 1. The van der Waals surface area contributed by atoms with Crippen molar-refractivity contribution >= 4 is 11.9 Å². The molecule has 0 aliphatic rings. The summed E-state index contributed by atoms with van der Waals surface area (Å²) in [5, 5.41) is 8.44. The molecule has 1 aromatic rings. The van der Waals surface area contributed by atoms with Crippen LogP contribution in [0.1, 0.15) is 5.56 Å². The highest BCUT2D eigenvalue weighted by Gasteiger charge is 2.14. The fraction of sp³-hybridized carbons (Fsp3) is 0.286. The van der Waals surface area contributed by atoms with Crippen molar-refractivity contribution in [1.29, 1.82) is 0 Å². The van der Waals surface area contributed by atoms with Gasteiger partial charge >= 0.3 is 5.97 Å². The van der Waals surface area contributed by atoms with Gasteiger partial charge in [0.1, 0.15) is 6.61 Å². The van der Waals surface area contributed by atoms with E-state index >= 15 is 0 Å². The van der Waals surface area contributed by atoms with Crippen molar-refractivity contribution < 1.29 is 19.5 Å². The second-order valence-corrected chi connectivity index (χ2v) is 4.03. The summed E-state index contributed by atoms with van der Waals surface area (Å²) in [6.45, 7) is -0.0325. The van der Waals surface area contributed by atoms with Crippen LogP contribution >= 0.6 is 0 Å². The van der Waals surface area contributed by atoms with Crippen molar-refractivity contribution in [3.8, 4) is 12.3 Å². The summed E-state index contributed by atoms with van der Waals surface area (Å²) >= 11 is 0. The van der Waals surface area contributed by atoms with Crippen LogP contribution in [0.2, 0.25) is 0 Å². The lowest BCUT2D eigenvalue weighted by molar-refractivity contribution is -0.146. The van der Waals surface area contributed by atoms with Crippen molar-refractivity contribution in [2.45, 2.75) is 6.61 Å². The van der Waals surface area contributed by atoms with E-state index in [4.69, 9.17) is 16.4 Å². The first kappa shape index (κ1) is 15.7. The fourth-order valence-corrected chi connectivity index (χ4v) is 1.50. The topological polar surface area (TPSA) is 78.9 Å². The number of esters is 1. The van der Waals surface area contributed by atoms with Gasteiger partial charge in [0.25, 0.3) is 5.91 Å². The largest absolute Gasteiger partial charge is 0.460 e. The predicted octanol–water partition coefficient (Wildman–Crippen LogP) is 0.170. The number of rotatable bonds is 7. The fourth-order valence-electron chi connectivity index (χ4n) is 1.50. The molecular weight excluding hydrogens is 260 g/mol. The number of carbonyl (C=O) groups is 2. The number of nitrogens with one attached hydrogen (secondary N) is 1. The Morgan fingerprint density at radius 3 is 2.60 bits per heavy atom. The zero-order valence-electron chi connectivity index (χ0n) is 10.9. The van der Waals surface area contributed by atoms with Crippen LogP contribution in [0.3, 0.4) is 0 Å². The van der Waals surface area contributed by atoms with Gasteiger partial charge in [0.2, 0.25) is 0 Å². The molecule has 2 N–H and O–H groups in total. The van der Waals surface area contributed by atoms with Gasteiger partial charge in [-0.1, -0.05) is 36.3 Å². The van der Waals surface area contributed by atoms with E-state index in [0.717, 1.165) is 5.56 Å². The number of ether oxygens (including phenoxy) is 1. The zero-order valence-corrected chi connectivity index (χ0v) is 10.9. The van der Waals surface area contributed by atoms with E-state index < -0.39 is 11.9 Å². The Labute approximate surface area is 117 Å². The van der Waals surface area contributed by atoms with Gasteiger partial charge in [-0.25, -0.2) is 5.48 Å². The Bertz CT molecular complexity index is 482. The lowest BCUT2D eigenvalue weighted by Crippen LogP contribution is -2.39. The quantitative estimate of drug-likeness (QED) is 0.321. The molecule has 0 radical (unpaired) electrons. The molecule has 1 rings (SSSR count). The third-order valence-electron chi connectivity index (χ3n) is 2.40. The average molecular weight is 276 g/mol. The number of carbonyl (C=O) groups excluding carboxylic acids is 2. The summed E-state index contributed by atoms with van der Waals surface area (Å²) in [7, 11) is 0. The Kier molecular flexibility index (Phi) is 6.82. The van der Waals surface area contributed by atoms with E-state index in [-0.39, 0.29) is 26.2 Å². The summed E-state index contributed by atoms with van der Waals surface area (Å²) in [6.07, 6.45) is 5.15. The van der Waals surface area contributed by atoms with E-state index in [1.165, 1.54) is 10.4 Å². The van der Waals surface area contributed by atoms with Crippen molar-refractivity contribution in [3.63, 3.8) is 0 Å². The van der Waals surface area contributed by atoms with Crippen LogP contribution < -0.4 is 5.48 Å². The van der Waals surface area contributed by atoms with Crippen molar-refractivity contribution in [3.05, 3.63) is 35.9 Å². The van der Waals surface area contributed by atoms with Crippen LogP contribution in [-0.4, -0.2) is 41.6 Å². The van der Waals surface area contributed by atoms with Crippen LogP contribution in [0.5, 0.6) is 0 Å². The second kappa shape index (κ2) is 8.69. The molecule has 0 heterocycles. The number of hydrogen-bond donors (Lipinski definition) is 2. The zero-order chi connectivity index (χ0) is 14.8. The first-order valence-corrected chi connectivity index (χ1v) is 5.94. The van der Waals surface area contributed by atoms with Crippen LogP contribution in [0.15, 0.2) is 30.3 Å². The van der Waals surface area contributed by atoms with E-state index in [2.05, 4.69) is 5.92 Å². The Balaban J connectivity index is 2.41. The second-order valence-electron chi connectivity index (χ2n) is 4.03. The number of nitrogens with zero attached hydrogens (tertiary/aromatic N) is 1. The standard InChI is InChI=1S/C14H16N2O4/c1-2-8-16(9-13(17)15-19)10-14(18)20-11-12-6-4-3-5-7-12/h1,3-7,19H,8-11H2,(H,15,17). The van der Waals surface area contributed by atoms with Crippen molar-refractivity contribution in [1.82, 2.24) is 10.4 Å². The molecule has 0 atom stereocenters. The lowest BCUT2D eigenvalue weighted by atomic mass is 10.2.